The number of rotatable bonds is 2. The molecule has 16 heavy (non-hydrogen) atoms. The molecular formula is C12H16ClFN2. The highest BCUT2D eigenvalue weighted by atomic mass is 35.5. The van der Waals surface area contributed by atoms with E-state index >= 15 is 0 Å². The van der Waals surface area contributed by atoms with Gasteiger partial charge >= 0.3 is 0 Å². The maximum atomic E-state index is 13.2. The highest BCUT2D eigenvalue weighted by Crippen LogP contribution is 2.33. The normalized spacial score (nSPS) is 25.7. The lowest BCUT2D eigenvalue weighted by atomic mass is 9.81. The molecule has 1 fully saturated rings. The van der Waals surface area contributed by atoms with E-state index in [9.17, 15) is 4.39 Å². The van der Waals surface area contributed by atoms with Gasteiger partial charge in [-0.1, -0.05) is 11.6 Å². The first-order valence-corrected chi connectivity index (χ1v) is 5.96. The van der Waals surface area contributed by atoms with Crippen molar-refractivity contribution in [2.75, 3.05) is 19.6 Å². The number of hydrogen-bond acceptors (Lipinski definition) is 2. The van der Waals surface area contributed by atoms with Crippen molar-refractivity contribution in [3.63, 3.8) is 0 Å². The number of benzene rings is 1. The molecule has 0 aliphatic carbocycles. The lowest BCUT2D eigenvalue weighted by Gasteiger charge is -2.32. The fourth-order valence-corrected chi connectivity index (χ4v) is 2.62. The summed E-state index contributed by atoms with van der Waals surface area (Å²) in [4.78, 5) is 0. The topological polar surface area (TPSA) is 38.0 Å². The van der Waals surface area contributed by atoms with E-state index in [0.717, 1.165) is 25.1 Å². The lowest BCUT2D eigenvalue weighted by Crippen LogP contribution is -2.38. The smallest absolute Gasteiger partial charge is 0.123 e. The van der Waals surface area contributed by atoms with Crippen LogP contribution in [0.1, 0.15) is 17.9 Å². The summed E-state index contributed by atoms with van der Waals surface area (Å²) in [6.07, 6.45) is 1.02. The zero-order valence-electron chi connectivity index (χ0n) is 9.05. The monoisotopic (exact) mass is 242 g/mol. The summed E-state index contributed by atoms with van der Waals surface area (Å²) < 4.78 is 13.2. The van der Waals surface area contributed by atoms with E-state index in [1.807, 2.05) is 0 Å². The maximum absolute atomic E-state index is 13.2. The summed E-state index contributed by atoms with van der Waals surface area (Å²) in [6, 6.07) is 4.54. The minimum absolute atomic E-state index is 0.224. The van der Waals surface area contributed by atoms with E-state index in [1.165, 1.54) is 12.1 Å². The zero-order valence-corrected chi connectivity index (χ0v) is 9.80. The second kappa shape index (κ2) is 5.13. The molecule has 0 saturated carbocycles. The molecule has 1 heterocycles. The summed E-state index contributed by atoms with van der Waals surface area (Å²) in [7, 11) is 0. The fourth-order valence-electron chi connectivity index (χ4n) is 2.36. The van der Waals surface area contributed by atoms with Gasteiger partial charge in [-0.25, -0.2) is 4.39 Å². The average Bonchev–Trinajstić information content (AvgIpc) is 2.32. The molecule has 2 nitrogen and oxygen atoms in total. The molecule has 1 aromatic rings. The van der Waals surface area contributed by atoms with Gasteiger partial charge in [0.25, 0.3) is 0 Å². The number of piperidine rings is 1. The molecule has 1 aliphatic rings. The first-order chi connectivity index (χ1) is 7.72. The number of hydrogen-bond donors (Lipinski definition) is 2. The van der Waals surface area contributed by atoms with Crippen molar-refractivity contribution in [3.05, 3.63) is 34.6 Å². The van der Waals surface area contributed by atoms with Gasteiger partial charge in [0.15, 0.2) is 0 Å². The van der Waals surface area contributed by atoms with E-state index in [2.05, 4.69) is 5.32 Å². The third kappa shape index (κ3) is 2.37. The van der Waals surface area contributed by atoms with Gasteiger partial charge in [0.2, 0.25) is 0 Å². The molecule has 88 valence electrons. The van der Waals surface area contributed by atoms with Crippen molar-refractivity contribution in [2.45, 2.75) is 12.3 Å². The van der Waals surface area contributed by atoms with Crippen molar-refractivity contribution in [3.8, 4) is 0 Å². The molecule has 0 amide bonds. The summed E-state index contributed by atoms with van der Waals surface area (Å²) >= 11 is 6.12. The molecule has 3 N–H and O–H groups in total. The largest absolute Gasteiger partial charge is 0.330 e. The van der Waals surface area contributed by atoms with Crippen LogP contribution >= 0.6 is 11.6 Å². The van der Waals surface area contributed by atoms with Gasteiger partial charge in [-0.05, 0) is 49.2 Å². The number of halogens is 2. The summed E-state index contributed by atoms with van der Waals surface area (Å²) in [5, 5.41) is 3.94. The molecule has 2 unspecified atom stereocenters. The van der Waals surface area contributed by atoms with Crippen molar-refractivity contribution in [1.29, 1.82) is 0 Å². The van der Waals surface area contributed by atoms with E-state index in [1.54, 1.807) is 6.07 Å². The van der Waals surface area contributed by atoms with E-state index in [4.69, 9.17) is 17.3 Å². The van der Waals surface area contributed by atoms with Crippen LogP contribution in [0, 0.1) is 11.7 Å². The van der Waals surface area contributed by atoms with Crippen LogP contribution in [0.4, 0.5) is 4.39 Å². The standard InChI is InChI=1S/C12H16ClFN2/c13-12-2-1-9(14)5-10(12)11-7-16-4-3-8(11)6-15/h1-2,5,8,11,16H,3-4,6-7,15H2. The van der Waals surface area contributed by atoms with Crippen LogP contribution in [-0.4, -0.2) is 19.6 Å². The Morgan fingerprint density at radius 2 is 2.31 bits per heavy atom. The Bertz CT molecular complexity index is 370. The van der Waals surface area contributed by atoms with Gasteiger partial charge in [-0.15, -0.1) is 0 Å². The van der Waals surface area contributed by atoms with Crippen LogP contribution in [0.25, 0.3) is 0 Å². The van der Waals surface area contributed by atoms with Crippen LogP contribution in [0.3, 0.4) is 0 Å². The predicted molar refractivity (Wildman–Crippen MR) is 64.2 cm³/mol. The van der Waals surface area contributed by atoms with Gasteiger partial charge in [0.1, 0.15) is 5.82 Å². The van der Waals surface area contributed by atoms with Gasteiger partial charge in [-0.3, -0.25) is 0 Å². The first-order valence-electron chi connectivity index (χ1n) is 5.58. The second-order valence-electron chi connectivity index (χ2n) is 4.26. The number of nitrogens with one attached hydrogen (secondary N) is 1. The Hall–Kier alpha value is -0.640. The molecule has 1 saturated heterocycles. The Morgan fingerprint density at radius 1 is 1.50 bits per heavy atom. The molecule has 0 aromatic heterocycles. The van der Waals surface area contributed by atoms with Crippen LogP contribution < -0.4 is 11.1 Å². The van der Waals surface area contributed by atoms with Gasteiger partial charge in [0, 0.05) is 17.5 Å². The average molecular weight is 243 g/mol. The van der Waals surface area contributed by atoms with Gasteiger partial charge in [-0.2, -0.15) is 0 Å². The third-order valence-corrected chi connectivity index (χ3v) is 3.63. The molecule has 2 atom stereocenters. The van der Waals surface area contributed by atoms with Crippen LogP contribution in [0.15, 0.2) is 18.2 Å². The van der Waals surface area contributed by atoms with Crippen molar-refractivity contribution in [2.24, 2.45) is 11.7 Å². The molecule has 0 bridgehead atoms. The van der Waals surface area contributed by atoms with Crippen LogP contribution in [-0.2, 0) is 0 Å². The fraction of sp³-hybridized carbons (Fsp3) is 0.500. The first kappa shape index (κ1) is 11.8. The molecule has 1 aliphatic heterocycles. The van der Waals surface area contributed by atoms with Gasteiger partial charge in [0.05, 0.1) is 0 Å². The Balaban J connectivity index is 2.30. The minimum Gasteiger partial charge on any atom is -0.330 e. The van der Waals surface area contributed by atoms with Crippen LogP contribution in [0.5, 0.6) is 0 Å². The molecule has 2 rings (SSSR count). The highest BCUT2D eigenvalue weighted by Gasteiger charge is 2.27. The quantitative estimate of drug-likeness (QED) is 0.834. The Morgan fingerprint density at radius 3 is 3.06 bits per heavy atom. The minimum atomic E-state index is -0.235. The van der Waals surface area contributed by atoms with Crippen molar-refractivity contribution < 1.29 is 4.39 Å². The Kier molecular flexibility index (Phi) is 3.79. The van der Waals surface area contributed by atoms with E-state index in [-0.39, 0.29) is 11.7 Å². The predicted octanol–water partition coefficient (Wildman–Crippen LogP) is 2.13. The molecule has 1 aromatic carbocycles. The Labute approximate surface area is 100.0 Å². The van der Waals surface area contributed by atoms with Gasteiger partial charge < -0.3 is 11.1 Å². The molecule has 0 spiro atoms. The lowest BCUT2D eigenvalue weighted by molar-refractivity contribution is 0.330. The van der Waals surface area contributed by atoms with E-state index < -0.39 is 0 Å². The van der Waals surface area contributed by atoms with E-state index in [0.29, 0.717) is 17.5 Å². The third-order valence-electron chi connectivity index (χ3n) is 3.29. The summed E-state index contributed by atoms with van der Waals surface area (Å²) in [6.45, 7) is 2.43. The summed E-state index contributed by atoms with van der Waals surface area (Å²) in [5.41, 5.74) is 6.63. The van der Waals surface area contributed by atoms with Crippen molar-refractivity contribution >= 4 is 11.6 Å². The second-order valence-corrected chi connectivity index (χ2v) is 4.67. The van der Waals surface area contributed by atoms with Crippen LogP contribution in [0.2, 0.25) is 5.02 Å². The van der Waals surface area contributed by atoms with Crippen molar-refractivity contribution in [1.82, 2.24) is 5.32 Å². The SMILES string of the molecule is NCC1CCNCC1c1cc(F)ccc1Cl. The zero-order chi connectivity index (χ0) is 11.5. The molecule has 0 radical (unpaired) electrons. The maximum Gasteiger partial charge on any atom is 0.123 e. The highest BCUT2D eigenvalue weighted by molar-refractivity contribution is 6.31. The summed E-state index contributed by atoms with van der Waals surface area (Å²) in [5.74, 6) is 0.378. The molecular weight excluding hydrogens is 227 g/mol. The molecule has 4 heteroatoms. The number of nitrogens with two attached hydrogens (primary N) is 1.